The standard InChI is InChI=1S/C38H44N6O6/c1-22-14-23(2)41-36(46)32(22)20-40-35(45)31-18-29-16-28(21-43(29)34(24(31)3)25(4)42-10-12-48-13-11-42)26-15-27(19-39)30-8-9-44(33(30)17-26)50-37(47)49-38(5,6)7/h14-18,21,25H,8-13,20H2,1-7H3,(H,40,45)(H,41,46). The average molecular weight is 681 g/mol. The zero-order valence-corrected chi connectivity index (χ0v) is 29.7. The largest absolute Gasteiger partial charge is 0.533 e. The summed E-state index contributed by atoms with van der Waals surface area (Å²) in [5.74, 6) is -0.276. The number of nitrogens with zero attached hydrogens (tertiary/aromatic N) is 4. The first-order valence-electron chi connectivity index (χ1n) is 16.9. The first-order chi connectivity index (χ1) is 23.7. The number of carbonyl (C=O) groups is 2. The number of nitriles is 1. The van der Waals surface area contributed by atoms with Gasteiger partial charge in [-0.25, -0.2) is 9.86 Å². The second-order valence-corrected chi connectivity index (χ2v) is 14.1. The molecule has 262 valence electrons. The van der Waals surface area contributed by atoms with Crippen molar-refractivity contribution in [2.24, 2.45) is 0 Å². The SMILES string of the molecule is Cc1cc(C)c(CNC(=O)c2cc3cc(-c4cc(C#N)c5c(c4)N(OC(=O)OC(C)(C)C)CC5)cn3c(C(C)N3CCOCC3)c2C)c(=O)[nH]1. The highest BCUT2D eigenvalue weighted by molar-refractivity contribution is 5.97. The number of anilines is 1. The van der Waals surface area contributed by atoms with Crippen molar-refractivity contribution in [2.75, 3.05) is 37.9 Å². The molecular formula is C38H44N6O6. The van der Waals surface area contributed by atoms with Gasteiger partial charge < -0.3 is 29.0 Å². The number of hydrogen-bond acceptors (Lipinski definition) is 9. The number of pyridine rings is 2. The van der Waals surface area contributed by atoms with Crippen molar-refractivity contribution in [3.63, 3.8) is 0 Å². The molecule has 0 saturated carbocycles. The Kier molecular flexibility index (Phi) is 9.48. The minimum atomic E-state index is -0.811. The predicted molar refractivity (Wildman–Crippen MR) is 189 cm³/mol. The molecule has 6 rings (SSSR count). The third-order valence-corrected chi connectivity index (χ3v) is 9.43. The fourth-order valence-corrected chi connectivity index (χ4v) is 6.98. The number of morpholine rings is 1. The van der Waals surface area contributed by atoms with Crippen LogP contribution in [0.5, 0.6) is 0 Å². The third kappa shape index (κ3) is 6.97. The van der Waals surface area contributed by atoms with Crippen molar-refractivity contribution in [3.05, 3.63) is 91.7 Å². The quantitative estimate of drug-likeness (QED) is 0.237. The number of carbonyl (C=O) groups excluding carboxylic acids is 2. The van der Waals surface area contributed by atoms with Gasteiger partial charge in [-0.1, -0.05) is 0 Å². The Bertz CT molecular complexity index is 2080. The minimum absolute atomic E-state index is 0.0519. The lowest BCUT2D eigenvalue weighted by molar-refractivity contribution is -0.0116. The Labute approximate surface area is 291 Å². The fraction of sp³-hybridized carbons (Fsp3) is 0.421. The van der Waals surface area contributed by atoms with Crippen LogP contribution in [0.2, 0.25) is 0 Å². The highest BCUT2D eigenvalue weighted by Crippen LogP contribution is 2.38. The van der Waals surface area contributed by atoms with E-state index in [0.29, 0.717) is 48.6 Å². The van der Waals surface area contributed by atoms with E-state index in [1.54, 1.807) is 20.8 Å². The van der Waals surface area contributed by atoms with Crippen LogP contribution in [0.3, 0.4) is 0 Å². The molecule has 1 fully saturated rings. The number of rotatable bonds is 7. The smallest absolute Gasteiger partial charge is 0.427 e. The fourth-order valence-electron chi connectivity index (χ4n) is 6.98. The maximum atomic E-state index is 13.9. The van der Waals surface area contributed by atoms with Gasteiger partial charge in [0.05, 0.1) is 37.1 Å². The van der Waals surface area contributed by atoms with Crippen LogP contribution in [0.15, 0.2) is 41.3 Å². The maximum Gasteiger partial charge on any atom is 0.533 e. The molecule has 1 amide bonds. The molecule has 1 atom stereocenters. The van der Waals surface area contributed by atoms with E-state index < -0.39 is 11.8 Å². The second-order valence-electron chi connectivity index (χ2n) is 14.1. The molecule has 12 heteroatoms. The molecule has 5 heterocycles. The number of fused-ring (bicyclic) bond motifs is 2. The van der Waals surface area contributed by atoms with E-state index >= 15 is 0 Å². The average Bonchev–Trinajstić information content (AvgIpc) is 3.66. The molecule has 0 spiro atoms. The number of benzene rings is 1. The van der Waals surface area contributed by atoms with E-state index in [1.165, 1.54) is 5.06 Å². The van der Waals surface area contributed by atoms with Crippen molar-refractivity contribution in [3.8, 4) is 17.2 Å². The molecule has 50 heavy (non-hydrogen) atoms. The van der Waals surface area contributed by atoms with E-state index in [1.807, 2.05) is 57.3 Å². The number of ether oxygens (including phenoxy) is 2. The topological polar surface area (TPSA) is 141 Å². The number of aryl methyl sites for hydroxylation is 2. The Hall–Kier alpha value is -5.12. The molecule has 3 aromatic heterocycles. The normalized spacial score (nSPS) is 15.4. The lowest BCUT2D eigenvalue weighted by Gasteiger charge is -2.34. The predicted octanol–water partition coefficient (Wildman–Crippen LogP) is 5.64. The van der Waals surface area contributed by atoms with Gasteiger partial charge in [0.2, 0.25) is 0 Å². The number of aromatic nitrogens is 2. The van der Waals surface area contributed by atoms with E-state index in [0.717, 1.165) is 57.8 Å². The molecule has 0 aliphatic carbocycles. The van der Waals surface area contributed by atoms with Gasteiger partial charge in [0.1, 0.15) is 5.60 Å². The number of hydroxylamine groups is 1. The summed E-state index contributed by atoms with van der Waals surface area (Å²) in [4.78, 5) is 49.9. The van der Waals surface area contributed by atoms with E-state index in [4.69, 9.17) is 14.3 Å². The van der Waals surface area contributed by atoms with Crippen molar-refractivity contribution in [1.82, 2.24) is 19.6 Å². The van der Waals surface area contributed by atoms with Crippen LogP contribution in [-0.4, -0.2) is 64.8 Å². The van der Waals surface area contributed by atoms with Crippen LogP contribution in [0.4, 0.5) is 10.5 Å². The molecule has 12 nitrogen and oxygen atoms in total. The number of hydrogen-bond donors (Lipinski definition) is 2. The zero-order valence-electron chi connectivity index (χ0n) is 29.7. The van der Waals surface area contributed by atoms with Crippen molar-refractivity contribution < 1.29 is 23.9 Å². The third-order valence-electron chi connectivity index (χ3n) is 9.43. The molecule has 1 unspecified atom stereocenters. The van der Waals surface area contributed by atoms with Gasteiger partial charge in [-0.3, -0.25) is 14.5 Å². The van der Waals surface area contributed by atoms with Gasteiger partial charge >= 0.3 is 6.16 Å². The van der Waals surface area contributed by atoms with Gasteiger partial charge in [-0.2, -0.15) is 5.26 Å². The first-order valence-corrected chi connectivity index (χ1v) is 16.9. The van der Waals surface area contributed by atoms with E-state index in [2.05, 4.69) is 32.6 Å². The first kappa shape index (κ1) is 34.7. The lowest BCUT2D eigenvalue weighted by atomic mass is 9.99. The number of amides is 1. The molecule has 1 saturated heterocycles. The van der Waals surface area contributed by atoms with Crippen LogP contribution in [0.1, 0.15) is 83.3 Å². The Morgan fingerprint density at radius 2 is 1.80 bits per heavy atom. The van der Waals surface area contributed by atoms with Crippen molar-refractivity contribution in [2.45, 2.75) is 73.1 Å². The lowest BCUT2D eigenvalue weighted by Crippen LogP contribution is -2.39. The molecular weight excluding hydrogens is 636 g/mol. The van der Waals surface area contributed by atoms with Crippen molar-refractivity contribution in [1.29, 1.82) is 5.26 Å². The zero-order chi connectivity index (χ0) is 35.9. The van der Waals surface area contributed by atoms with E-state index in [-0.39, 0.29) is 24.1 Å². The Morgan fingerprint density at radius 3 is 2.48 bits per heavy atom. The van der Waals surface area contributed by atoms with E-state index in [9.17, 15) is 19.6 Å². The monoisotopic (exact) mass is 680 g/mol. The Balaban J connectivity index is 1.41. The van der Waals surface area contributed by atoms with Gasteiger partial charge in [0, 0.05) is 65.5 Å². The molecule has 2 aliphatic rings. The highest BCUT2D eigenvalue weighted by atomic mass is 16.8. The summed E-state index contributed by atoms with van der Waals surface area (Å²) in [5.41, 5.74) is 7.83. The summed E-state index contributed by atoms with van der Waals surface area (Å²) in [6.45, 7) is 16.4. The van der Waals surface area contributed by atoms with Crippen LogP contribution in [-0.2, 0) is 27.3 Å². The summed E-state index contributed by atoms with van der Waals surface area (Å²) >= 11 is 0. The van der Waals surface area contributed by atoms with Gasteiger partial charge in [0.25, 0.3) is 11.5 Å². The van der Waals surface area contributed by atoms with Gasteiger partial charge in [-0.05, 0) is 107 Å². The molecule has 0 bridgehead atoms. The Morgan fingerprint density at radius 1 is 1.06 bits per heavy atom. The minimum Gasteiger partial charge on any atom is -0.427 e. The molecule has 2 N–H and O–H groups in total. The molecule has 4 aromatic rings. The molecule has 0 radical (unpaired) electrons. The van der Waals surface area contributed by atoms with Gasteiger partial charge in [0.15, 0.2) is 0 Å². The summed E-state index contributed by atoms with van der Waals surface area (Å²) in [5, 5.41) is 14.6. The summed E-state index contributed by atoms with van der Waals surface area (Å²) in [7, 11) is 0. The highest BCUT2D eigenvalue weighted by Gasteiger charge is 2.30. The van der Waals surface area contributed by atoms with Gasteiger partial charge in [-0.15, -0.1) is 0 Å². The van der Waals surface area contributed by atoms with Crippen LogP contribution >= 0.6 is 0 Å². The van der Waals surface area contributed by atoms with Crippen LogP contribution in [0.25, 0.3) is 16.6 Å². The van der Waals surface area contributed by atoms with Crippen molar-refractivity contribution >= 4 is 23.3 Å². The molecule has 2 aliphatic heterocycles. The summed E-state index contributed by atoms with van der Waals surface area (Å²) in [6.07, 6.45) is 1.77. The van der Waals surface area contributed by atoms with Crippen LogP contribution in [0, 0.1) is 32.1 Å². The number of nitrogens with one attached hydrogen (secondary N) is 2. The van der Waals surface area contributed by atoms with Crippen LogP contribution < -0.4 is 15.9 Å². The molecule has 1 aromatic carbocycles. The number of H-pyrrole nitrogens is 1. The summed E-state index contributed by atoms with van der Waals surface area (Å²) < 4.78 is 13.1. The summed E-state index contributed by atoms with van der Waals surface area (Å²) in [6, 6.07) is 11.8. The number of aromatic amines is 1. The second kappa shape index (κ2) is 13.7. The maximum absolute atomic E-state index is 13.9.